The third kappa shape index (κ3) is 6.52. The average Bonchev–Trinajstić information content (AvgIpc) is 2.20. The fraction of sp³-hybridized carbons (Fsp3) is 0.0833. The van der Waals surface area contributed by atoms with E-state index in [1.807, 2.05) is 30.3 Å². The number of halogens is 1. The first kappa shape index (κ1) is 13.5. The molecule has 2 nitrogen and oxygen atoms in total. The second kappa shape index (κ2) is 6.85. The van der Waals surface area contributed by atoms with Gasteiger partial charge in [0.05, 0.1) is 0 Å². The molecule has 0 unspecified atom stereocenters. The number of benzene rings is 1. The van der Waals surface area contributed by atoms with Crippen LogP contribution in [0.5, 0.6) is 0 Å². The van der Waals surface area contributed by atoms with Crippen molar-refractivity contribution in [1.29, 1.82) is 0 Å². The van der Waals surface area contributed by atoms with Gasteiger partial charge in [-0.1, -0.05) is 55.1 Å². The van der Waals surface area contributed by atoms with E-state index in [9.17, 15) is 4.79 Å². The van der Waals surface area contributed by atoms with E-state index in [4.69, 9.17) is 16.7 Å². The van der Waals surface area contributed by atoms with Crippen LogP contribution in [0, 0.1) is 0 Å². The molecule has 0 aliphatic heterocycles. The molecule has 1 aromatic rings. The van der Waals surface area contributed by atoms with Gasteiger partial charge in [0, 0.05) is 10.6 Å². The Kier molecular flexibility index (Phi) is 6.14. The van der Waals surface area contributed by atoms with Crippen LogP contribution < -0.4 is 0 Å². The SMILES string of the molecule is C=C(C)C(=O)O.C=C(Cl)c1ccccc1. The highest BCUT2D eigenvalue weighted by Crippen LogP contribution is 2.14. The molecule has 0 heterocycles. The normalized spacial score (nSPS) is 8.40. The largest absolute Gasteiger partial charge is 0.478 e. The zero-order valence-electron chi connectivity index (χ0n) is 8.53. The highest BCUT2D eigenvalue weighted by Gasteiger charge is 1.90. The van der Waals surface area contributed by atoms with Gasteiger partial charge in [-0.3, -0.25) is 0 Å². The van der Waals surface area contributed by atoms with Crippen molar-refractivity contribution in [1.82, 2.24) is 0 Å². The molecule has 0 atom stereocenters. The summed E-state index contributed by atoms with van der Waals surface area (Å²) < 4.78 is 0. The number of rotatable bonds is 2. The number of aliphatic carboxylic acids is 1. The molecule has 15 heavy (non-hydrogen) atoms. The maximum atomic E-state index is 9.60. The van der Waals surface area contributed by atoms with E-state index < -0.39 is 5.97 Å². The zero-order valence-corrected chi connectivity index (χ0v) is 9.29. The van der Waals surface area contributed by atoms with Gasteiger partial charge in [-0.15, -0.1) is 0 Å². The lowest BCUT2D eigenvalue weighted by molar-refractivity contribution is -0.132. The number of carboxylic acid groups (broad SMARTS) is 1. The van der Waals surface area contributed by atoms with Gasteiger partial charge in [0.25, 0.3) is 0 Å². The molecule has 1 N–H and O–H groups in total. The van der Waals surface area contributed by atoms with Gasteiger partial charge < -0.3 is 5.11 Å². The minimum atomic E-state index is -0.935. The predicted octanol–water partition coefficient (Wildman–Crippen LogP) is 3.54. The van der Waals surface area contributed by atoms with Gasteiger partial charge in [0.2, 0.25) is 0 Å². The maximum Gasteiger partial charge on any atom is 0.330 e. The third-order valence-electron chi connectivity index (χ3n) is 1.45. The Labute approximate surface area is 94.5 Å². The van der Waals surface area contributed by atoms with E-state index in [0.717, 1.165) is 5.56 Å². The molecule has 0 saturated heterocycles. The Bertz CT molecular complexity index is 343. The lowest BCUT2D eigenvalue weighted by Crippen LogP contribution is -1.92. The van der Waals surface area contributed by atoms with Crippen molar-refractivity contribution in [2.75, 3.05) is 0 Å². The second-order valence-electron chi connectivity index (χ2n) is 2.86. The van der Waals surface area contributed by atoms with Crippen molar-refractivity contribution in [3.63, 3.8) is 0 Å². The van der Waals surface area contributed by atoms with E-state index in [1.165, 1.54) is 6.92 Å². The lowest BCUT2D eigenvalue weighted by atomic mass is 10.2. The van der Waals surface area contributed by atoms with E-state index in [2.05, 4.69) is 13.2 Å². The quantitative estimate of drug-likeness (QED) is 0.781. The molecule has 0 bridgehead atoms. The predicted molar refractivity (Wildman–Crippen MR) is 63.8 cm³/mol. The van der Waals surface area contributed by atoms with Gasteiger partial charge in [-0.25, -0.2) is 4.79 Å². The Morgan fingerprint density at radius 2 is 1.67 bits per heavy atom. The van der Waals surface area contributed by atoms with Crippen LogP contribution in [0.4, 0.5) is 0 Å². The summed E-state index contributed by atoms with van der Waals surface area (Å²) in [6.45, 7) is 8.19. The number of carboxylic acids is 1. The molecule has 1 rings (SSSR count). The van der Waals surface area contributed by atoms with E-state index in [-0.39, 0.29) is 5.57 Å². The molecule has 0 spiro atoms. The van der Waals surface area contributed by atoms with Crippen molar-refractivity contribution in [2.24, 2.45) is 0 Å². The Morgan fingerprint density at radius 3 is 1.87 bits per heavy atom. The molecule has 0 aliphatic carbocycles. The summed E-state index contributed by atoms with van der Waals surface area (Å²) in [5.41, 5.74) is 1.16. The molecule has 0 fully saturated rings. The highest BCUT2D eigenvalue weighted by atomic mass is 35.5. The fourth-order valence-corrected chi connectivity index (χ4v) is 0.745. The summed E-state index contributed by atoms with van der Waals surface area (Å²) in [4.78, 5) is 9.60. The van der Waals surface area contributed by atoms with Gasteiger partial charge in [-0.05, 0) is 12.5 Å². The second-order valence-corrected chi connectivity index (χ2v) is 3.31. The summed E-state index contributed by atoms with van der Waals surface area (Å²) in [6.07, 6.45) is 0. The smallest absolute Gasteiger partial charge is 0.330 e. The Hall–Kier alpha value is -1.54. The lowest BCUT2D eigenvalue weighted by Gasteiger charge is -1.92. The van der Waals surface area contributed by atoms with Crippen molar-refractivity contribution in [3.8, 4) is 0 Å². The summed E-state index contributed by atoms with van der Waals surface area (Å²) in [5, 5.41) is 8.48. The minimum Gasteiger partial charge on any atom is -0.478 e. The molecule has 3 heteroatoms. The topological polar surface area (TPSA) is 37.3 Å². The first-order valence-corrected chi connectivity index (χ1v) is 4.61. The monoisotopic (exact) mass is 224 g/mol. The third-order valence-corrected chi connectivity index (χ3v) is 1.67. The molecule has 0 aromatic heterocycles. The molecule has 80 valence electrons. The van der Waals surface area contributed by atoms with Gasteiger partial charge in [0.15, 0.2) is 0 Å². The standard InChI is InChI=1S/C8H7Cl.C4H6O2/c1-7(9)8-5-3-2-4-6-8;1-3(2)4(5)6/h2-6H,1H2;1H2,2H3,(H,5,6). The fourth-order valence-electron chi connectivity index (χ4n) is 0.619. The summed E-state index contributed by atoms with van der Waals surface area (Å²) in [7, 11) is 0. The van der Waals surface area contributed by atoms with Gasteiger partial charge >= 0.3 is 5.97 Å². The van der Waals surface area contributed by atoms with Crippen LogP contribution in [-0.4, -0.2) is 11.1 Å². The van der Waals surface area contributed by atoms with Crippen molar-refractivity contribution in [2.45, 2.75) is 6.92 Å². The van der Waals surface area contributed by atoms with Crippen molar-refractivity contribution >= 4 is 22.6 Å². The molecular weight excluding hydrogens is 212 g/mol. The van der Waals surface area contributed by atoms with E-state index in [1.54, 1.807) is 0 Å². The molecule has 0 saturated carbocycles. The zero-order chi connectivity index (χ0) is 11.8. The number of carbonyl (C=O) groups is 1. The van der Waals surface area contributed by atoms with Crippen LogP contribution in [0.3, 0.4) is 0 Å². The summed E-state index contributed by atoms with van der Waals surface area (Å²) in [5.74, 6) is -0.935. The highest BCUT2D eigenvalue weighted by molar-refractivity contribution is 6.48. The van der Waals surface area contributed by atoms with Gasteiger partial charge in [-0.2, -0.15) is 0 Å². The van der Waals surface area contributed by atoms with Crippen molar-refractivity contribution < 1.29 is 9.90 Å². The minimum absolute atomic E-state index is 0.176. The van der Waals surface area contributed by atoms with Crippen LogP contribution in [0.1, 0.15) is 12.5 Å². The summed E-state index contributed by atoms with van der Waals surface area (Å²) >= 11 is 5.61. The number of hydrogen-bond acceptors (Lipinski definition) is 1. The molecule has 0 aliphatic rings. The number of hydrogen-bond donors (Lipinski definition) is 1. The van der Waals surface area contributed by atoms with Crippen LogP contribution in [0.15, 0.2) is 49.1 Å². The Balaban J connectivity index is 0.000000288. The van der Waals surface area contributed by atoms with Gasteiger partial charge in [0.1, 0.15) is 0 Å². The maximum absolute atomic E-state index is 9.60. The average molecular weight is 225 g/mol. The summed E-state index contributed by atoms with van der Waals surface area (Å²) in [6, 6.07) is 9.67. The molecule has 1 aromatic carbocycles. The molecule has 0 radical (unpaired) electrons. The molecule has 0 amide bonds. The van der Waals surface area contributed by atoms with E-state index in [0.29, 0.717) is 5.03 Å². The van der Waals surface area contributed by atoms with Crippen LogP contribution in [0.25, 0.3) is 5.03 Å². The molecular formula is C12H13ClO2. The van der Waals surface area contributed by atoms with Crippen molar-refractivity contribution in [3.05, 3.63) is 54.6 Å². The van der Waals surface area contributed by atoms with E-state index >= 15 is 0 Å². The first-order valence-electron chi connectivity index (χ1n) is 4.23. The van der Waals surface area contributed by atoms with Crippen LogP contribution >= 0.6 is 11.6 Å². The van der Waals surface area contributed by atoms with Crippen LogP contribution in [-0.2, 0) is 4.79 Å². The van der Waals surface area contributed by atoms with Crippen LogP contribution in [0.2, 0.25) is 0 Å². The first-order chi connectivity index (χ1) is 6.95. The Morgan fingerprint density at radius 1 is 1.27 bits per heavy atom.